The molecule has 272 valence electrons. The van der Waals surface area contributed by atoms with E-state index in [2.05, 4.69) is 129 Å². The van der Waals surface area contributed by atoms with E-state index < -0.39 is 0 Å². The largest absolute Gasteiger partial charge is 0.455 e. The first-order chi connectivity index (χ1) is 27.2. The number of rotatable bonds is 13. The number of aryl methyl sites for hydroxylation is 2. The lowest BCUT2D eigenvalue weighted by Gasteiger charge is -2.21. The van der Waals surface area contributed by atoms with Crippen LogP contribution in [0.4, 0.5) is 0 Å². The van der Waals surface area contributed by atoms with Crippen molar-refractivity contribution < 1.29 is 4.42 Å². The highest BCUT2D eigenvalue weighted by molar-refractivity contribution is 6.33. The Labute approximate surface area is 323 Å². The Morgan fingerprint density at radius 3 is 1.62 bits per heavy atom. The predicted octanol–water partition coefficient (Wildman–Crippen LogP) is 14.5. The molecule has 55 heavy (non-hydrogen) atoms. The van der Waals surface area contributed by atoms with Gasteiger partial charge >= 0.3 is 0 Å². The molecule has 7 aromatic carbocycles. The van der Waals surface area contributed by atoms with Crippen LogP contribution in [0.5, 0.6) is 0 Å². The minimum Gasteiger partial charge on any atom is -0.455 e. The first-order valence-corrected chi connectivity index (χ1v) is 20.3. The van der Waals surface area contributed by atoms with Gasteiger partial charge in [0.05, 0.1) is 0 Å². The van der Waals surface area contributed by atoms with Gasteiger partial charge in [-0.1, -0.05) is 162 Å². The van der Waals surface area contributed by atoms with Crippen molar-refractivity contribution in [3.8, 4) is 34.2 Å². The van der Waals surface area contributed by atoms with E-state index in [4.69, 9.17) is 19.4 Å². The van der Waals surface area contributed by atoms with E-state index in [0.29, 0.717) is 11.6 Å². The maximum Gasteiger partial charge on any atom is 0.164 e. The lowest BCUT2D eigenvalue weighted by molar-refractivity contribution is 0.663. The fourth-order valence-electron chi connectivity index (χ4n) is 8.64. The van der Waals surface area contributed by atoms with Gasteiger partial charge in [-0.3, -0.25) is 0 Å². The number of benzene rings is 7. The molecule has 0 aliphatic rings. The van der Waals surface area contributed by atoms with Crippen LogP contribution in [0.1, 0.15) is 76.3 Å². The molecule has 4 heteroatoms. The smallest absolute Gasteiger partial charge is 0.164 e. The van der Waals surface area contributed by atoms with Gasteiger partial charge in [0, 0.05) is 32.8 Å². The van der Waals surface area contributed by atoms with Crippen molar-refractivity contribution in [1.82, 2.24) is 15.0 Å². The number of hydrogen-bond donors (Lipinski definition) is 0. The van der Waals surface area contributed by atoms with Gasteiger partial charge in [0.1, 0.15) is 11.2 Å². The number of nitrogens with zero attached hydrogens (tertiary/aromatic N) is 3. The molecule has 0 spiro atoms. The number of furan rings is 1. The second kappa shape index (κ2) is 15.5. The summed E-state index contributed by atoms with van der Waals surface area (Å²) in [5.74, 6) is 2.17. The first kappa shape index (κ1) is 34.9. The minimum absolute atomic E-state index is 0.703. The second-order valence-electron chi connectivity index (χ2n) is 15.0. The number of unbranched alkanes of at least 4 members (excludes halogenated alkanes) is 6. The molecule has 0 unspecified atom stereocenters. The maximum absolute atomic E-state index is 6.74. The molecule has 9 aromatic rings. The highest BCUT2D eigenvalue weighted by Gasteiger charge is 2.24. The van der Waals surface area contributed by atoms with Crippen molar-refractivity contribution >= 4 is 54.3 Å². The van der Waals surface area contributed by atoms with Crippen LogP contribution in [0, 0.1) is 0 Å². The fourth-order valence-corrected chi connectivity index (χ4v) is 8.64. The van der Waals surface area contributed by atoms with E-state index in [-0.39, 0.29) is 0 Å². The summed E-state index contributed by atoms with van der Waals surface area (Å²) in [6, 6.07) is 45.2. The van der Waals surface area contributed by atoms with Gasteiger partial charge < -0.3 is 4.42 Å². The van der Waals surface area contributed by atoms with Crippen LogP contribution in [0.25, 0.3) is 88.4 Å². The van der Waals surface area contributed by atoms with Crippen LogP contribution in [-0.2, 0) is 12.8 Å². The van der Waals surface area contributed by atoms with Gasteiger partial charge in [0.2, 0.25) is 0 Å². The average Bonchev–Trinajstić information content (AvgIpc) is 3.63. The van der Waals surface area contributed by atoms with E-state index in [0.717, 1.165) is 64.6 Å². The van der Waals surface area contributed by atoms with Crippen LogP contribution in [0.3, 0.4) is 0 Å². The molecular weight excluding hydrogens is 671 g/mol. The normalized spacial score (nSPS) is 11.8. The number of fused-ring (bicyclic) bond motifs is 10. The van der Waals surface area contributed by atoms with E-state index >= 15 is 0 Å². The molecule has 0 bridgehead atoms. The summed E-state index contributed by atoms with van der Waals surface area (Å²) < 4.78 is 6.74. The zero-order chi connectivity index (χ0) is 37.1. The Kier molecular flexibility index (Phi) is 9.81. The van der Waals surface area contributed by atoms with Crippen molar-refractivity contribution in [2.45, 2.75) is 78.1 Å². The van der Waals surface area contributed by atoms with Gasteiger partial charge in [0.25, 0.3) is 0 Å². The number of hydrogen-bond acceptors (Lipinski definition) is 4. The monoisotopic (exact) mass is 717 g/mol. The quantitative estimate of drug-likeness (QED) is 0.0880. The molecule has 0 N–H and O–H groups in total. The average molecular weight is 718 g/mol. The molecule has 0 atom stereocenters. The van der Waals surface area contributed by atoms with Crippen molar-refractivity contribution in [2.24, 2.45) is 0 Å². The molecular formula is C51H47N3O. The Bertz CT molecular complexity index is 2730. The van der Waals surface area contributed by atoms with Crippen LogP contribution in [0.15, 0.2) is 132 Å². The third-order valence-corrected chi connectivity index (χ3v) is 11.3. The summed E-state index contributed by atoms with van der Waals surface area (Å²) in [5, 5.41) is 9.82. The standard InChI is InChI=1S/C51H47N3O/c1-3-5-7-11-25-36-33-43-40-31-32-41-37-26-19-20-30-44(37)55-48(41)47(40)39-28-18-17-27-38(39)46(43)42(29-16-8-6-4-2)45(36)51-53-49(34-21-12-9-13-22-34)52-50(54-51)35-23-14-10-15-24-35/h9-10,12-15,17-24,26-28,30-33H,3-8,11,16,25,29H2,1-2H3. The van der Waals surface area contributed by atoms with Crippen molar-refractivity contribution in [2.75, 3.05) is 0 Å². The lowest BCUT2D eigenvalue weighted by Crippen LogP contribution is -2.06. The van der Waals surface area contributed by atoms with Gasteiger partial charge in [-0.05, 0) is 81.9 Å². The third-order valence-electron chi connectivity index (χ3n) is 11.3. The van der Waals surface area contributed by atoms with Crippen LogP contribution >= 0.6 is 0 Å². The summed E-state index contributed by atoms with van der Waals surface area (Å²) >= 11 is 0. The highest BCUT2D eigenvalue weighted by Crippen LogP contribution is 2.46. The predicted molar refractivity (Wildman–Crippen MR) is 232 cm³/mol. The summed E-state index contributed by atoms with van der Waals surface area (Å²) in [5.41, 5.74) is 7.73. The Morgan fingerprint density at radius 1 is 0.436 bits per heavy atom. The molecule has 4 nitrogen and oxygen atoms in total. The molecule has 2 aromatic heterocycles. The lowest BCUT2D eigenvalue weighted by atomic mass is 9.83. The summed E-state index contributed by atoms with van der Waals surface area (Å²) in [6.07, 6.45) is 11.4. The number of aromatic nitrogens is 3. The van der Waals surface area contributed by atoms with Gasteiger partial charge in [-0.25, -0.2) is 15.0 Å². The molecule has 2 heterocycles. The molecule has 0 saturated carbocycles. The third kappa shape index (κ3) is 6.54. The molecule has 0 aliphatic carbocycles. The van der Waals surface area contributed by atoms with E-state index in [1.807, 2.05) is 12.1 Å². The van der Waals surface area contributed by atoms with Crippen LogP contribution in [-0.4, -0.2) is 15.0 Å². The van der Waals surface area contributed by atoms with Crippen molar-refractivity contribution in [1.29, 1.82) is 0 Å². The molecule has 0 saturated heterocycles. The van der Waals surface area contributed by atoms with Crippen molar-refractivity contribution in [3.05, 3.63) is 139 Å². The Hall–Kier alpha value is -5.87. The SMILES string of the molecule is CCCCCCc1cc2c3ccc4c5ccccc5oc4c3c3ccccc3c2c(CCCCCC)c1-c1nc(-c2ccccc2)nc(-c2ccccc2)n1. The second-order valence-corrected chi connectivity index (χ2v) is 15.0. The zero-order valence-corrected chi connectivity index (χ0v) is 31.9. The van der Waals surface area contributed by atoms with Gasteiger partial charge in [-0.15, -0.1) is 0 Å². The van der Waals surface area contributed by atoms with Crippen LogP contribution < -0.4 is 0 Å². The molecule has 0 amide bonds. The summed E-state index contributed by atoms with van der Waals surface area (Å²) in [7, 11) is 0. The Morgan fingerprint density at radius 2 is 0.964 bits per heavy atom. The number of para-hydroxylation sites is 1. The van der Waals surface area contributed by atoms with E-state index in [1.165, 1.54) is 87.5 Å². The van der Waals surface area contributed by atoms with E-state index in [1.54, 1.807) is 0 Å². The Balaban J connectivity index is 1.40. The summed E-state index contributed by atoms with van der Waals surface area (Å²) in [6.45, 7) is 4.57. The fraction of sp³-hybridized carbons (Fsp3) is 0.235. The minimum atomic E-state index is 0.703. The first-order valence-electron chi connectivity index (χ1n) is 20.3. The highest BCUT2D eigenvalue weighted by atomic mass is 16.3. The van der Waals surface area contributed by atoms with Gasteiger partial charge in [0.15, 0.2) is 17.5 Å². The van der Waals surface area contributed by atoms with Crippen LogP contribution in [0.2, 0.25) is 0 Å². The van der Waals surface area contributed by atoms with Gasteiger partial charge in [-0.2, -0.15) is 0 Å². The molecule has 0 fully saturated rings. The zero-order valence-electron chi connectivity index (χ0n) is 31.9. The van der Waals surface area contributed by atoms with E-state index in [9.17, 15) is 0 Å². The topological polar surface area (TPSA) is 51.8 Å². The van der Waals surface area contributed by atoms with Crippen molar-refractivity contribution in [3.63, 3.8) is 0 Å². The summed E-state index contributed by atoms with van der Waals surface area (Å²) in [4.78, 5) is 15.9. The molecule has 0 radical (unpaired) electrons. The molecule has 0 aliphatic heterocycles. The molecule has 9 rings (SSSR count). The maximum atomic E-state index is 6.74.